The number of imidazole rings is 1. The molecule has 0 aliphatic rings. The summed E-state index contributed by atoms with van der Waals surface area (Å²) in [6, 6.07) is 6.41. The first kappa shape index (κ1) is 14.8. The summed E-state index contributed by atoms with van der Waals surface area (Å²) in [6.07, 6.45) is 4.57. The van der Waals surface area contributed by atoms with Crippen molar-refractivity contribution >= 4 is 11.8 Å². The molecular weight excluding hydrogens is 296 g/mol. The highest BCUT2D eigenvalue weighted by Crippen LogP contribution is 2.25. The van der Waals surface area contributed by atoms with E-state index < -0.39 is 0 Å². The molecule has 2 heterocycles. The minimum Gasteiger partial charge on any atom is -0.338 e. The summed E-state index contributed by atoms with van der Waals surface area (Å²) in [5, 5.41) is 4.83. The van der Waals surface area contributed by atoms with Crippen LogP contribution in [0.25, 0.3) is 5.69 Å². The summed E-state index contributed by atoms with van der Waals surface area (Å²) < 4.78 is 7.31. The zero-order chi connectivity index (χ0) is 15.5. The van der Waals surface area contributed by atoms with Crippen LogP contribution in [0.5, 0.6) is 0 Å². The molecule has 3 aromatic rings. The lowest BCUT2D eigenvalue weighted by Crippen LogP contribution is -1.98. The van der Waals surface area contributed by atoms with Gasteiger partial charge in [-0.05, 0) is 25.5 Å². The molecule has 0 radical (unpaired) electrons. The van der Waals surface area contributed by atoms with Gasteiger partial charge < -0.3 is 4.52 Å². The van der Waals surface area contributed by atoms with E-state index in [0.717, 1.165) is 23.1 Å². The Morgan fingerprint density at radius 2 is 2.14 bits per heavy atom. The van der Waals surface area contributed by atoms with E-state index in [0.29, 0.717) is 11.6 Å². The Balaban J connectivity index is 1.80. The third-order valence-electron chi connectivity index (χ3n) is 3.37. The van der Waals surface area contributed by atoms with E-state index in [1.54, 1.807) is 11.8 Å². The molecule has 0 aliphatic heterocycles. The van der Waals surface area contributed by atoms with E-state index in [2.05, 4.69) is 51.7 Å². The Morgan fingerprint density at radius 1 is 1.27 bits per heavy atom. The minimum atomic E-state index is 0.620. The van der Waals surface area contributed by atoms with Crippen molar-refractivity contribution in [1.82, 2.24) is 19.7 Å². The van der Waals surface area contributed by atoms with Crippen LogP contribution in [0.4, 0.5) is 0 Å². The highest BCUT2D eigenvalue weighted by molar-refractivity contribution is 7.98. The first-order valence-corrected chi connectivity index (χ1v) is 8.21. The highest BCUT2D eigenvalue weighted by atomic mass is 32.2. The Bertz CT molecular complexity index is 778. The maximum Gasteiger partial charge on any atom is 0.237 e. The van der Waals surface area contributed by atoms with Gasteiger partial charge in [-0.25, -0.2) is 4.98 Å². The molecule has 0 unspecified atom stereocenters. The summed E-state index contributed by atoms with van der Waals surface area (Å²) >= 11 is 1.59. The lowest BCUT2D eigenvalue weighted by Gasteiger charge is -2.10. The Hall–Kier alpha value is -2.08. The largest absolute Gasteiger partial charge is 0.338 e. The molecule has 0 amide bonds. The SMILES string of the molecule is CCc1noc(CSc2nccn2-c2ccc(C)cc2C)n1. The molecule has 0 saturated carbocycles. The molecule has 0 saturated heterocycles. The van der Waals surface area contributed by atoms with Gasteiger partial charge in [0.05, 0.1) is 11.4 Å². The van der Waals surface area contributed by atoms with Gasteiger partial charge in [0, 0.05) is 18.8 Å². The Morgan fingerprint density at radius 3 is 2.86 bits per heavy atom. The quantitative estimate of drug-likeness (QED) is 0.672. The topological polar surface area (TPSA) is 56.7 Å². The van der Waals surface area contributed by atoms with Crippen molar-refractivity contribution in [3.8, 4) is 5.69 Å². The average molecular weight is 314 g/mol. The average Bonchev–Trinajstić information content (AvgIpc) is 3.14. The molecule has 2 aromatic heterocycles. The Labute approximate surface area is 133 Å². The first-order valence-electron chi connectivity index (χ1n) is 7.22. The third-order valence-corrected chi connectivity index (χ3v) is 4.32. The monoisotopic (exact) mass is 314 g/mol. The number of hydrogen-bond acceptors (Lipinski definition) is 5. The van der Waals surface area contributed by atoms with Crippen molar-refractivity contribution in [2.45, 2.75) is 38.1 Å². The van der Waals surface area contributed by atoms with Crippen LogP contribution < -0.4 is 0 Å². The van der Waals surface area contributed by atoms with Crippen LogP contribution >= 0.6 is 11.8 Å². The fourth-order valence-electron chi connectivity index (χ4n) is 2.27. The van der Waals surface area contributed by atoms with Gasteiger partial charge in [0.2, 0.25) is 5.89 Å². The number of rotatable bonds is 5. The molecule has 0 atom stereocenters. The van der Waals surface area contributed by atoms with E-state index in [1.807, 2.05) is 19.3 Å². The molecular formula is C16H18N4OS. The lowest BCUT2D eigenvalue weighted by atomic mass is 10.1. The van der Waals surface area contributed by atoms with Crippen molar-refractivity contribution in [3.63, 3.8) is 0 Å². The molecule has 3 rings (SSSR count). The molecule has 0 N–H and O–H groups in total. The molecule has 22 heavy (non-hydrogen) atoms. The molecule has 114 valence electrons. The summed E-state index contributed by atoms with van der Waals surface area (Å²) in [4.78, 5) is 8.76. The Kier molecular flexibility index (Phi) is 4.29. The van der Waals surface area contributed by atoms with Gasteiger partial charge in [0.15, 0.2) is 11.0 Å². The lowest BCUT2D eigenvalue weighted by molar-refractivity contribution is 0.385. The van der Waals surface area contributed by atoms with Gasteiger partial charge >= 0.3 is 0 Å². The van der Waals surface area contributed by atoms with E-state index >= 15 is 0 Å². The molecule has 6 heteroatoms. The molecule has 5 nitrogen and oxygen atoms in total. The smallest absolute Gasteiger partial charge is 0.237 e. The predicted octanol–water partition coefficient (Wildman–Crippen LogP) is 3.73. The number of nitrogens with zero attached hydrogens (tertiary/aromatic N) is 4. The number of benzene rings is 1. The van der Waals surface area contributed by atoms with Crippen molar-refractivity contribution in [2.75, 3.05) is 0 Å². The van der Waals surface area contributed by atoms with E-state index in [1.165, 1.54) is 11.1 Å². The van der Waals surface area contributed by atoms with Crippen molar-refractivity contribution in [2.24, 2.45) is 0 Å². The molecule has 0 fully saturated rings. The molecule has 0 aliphatic carbocycles. The van der Waals surface area contributed by atoms with Gasteiger partial charge in [0.1, 0.15) is 0 Å². The maximum atomic E-state index is 5.22. The standard InChI is InChI=1S/C16H18N4OS/c1-4-14-18-15(21-19-14)10-22-16-17-7-8-20(16)13-6-5-11(2)9-12(13)3/h5-9H,4,10H2,1-3H3. The predicted molar refractivity (Wildman–Crippen MR) is 86.3 cm³/mol. The van der Waals surface area contributed by atoms with Gasteiger partial charge in [0.25, 0.3) is 0 Å². The van der Waals surface area contributed by atoms with E-state index in [4.69, 9.17) is 4.52 Å². The minimum absolute atomic E-state index is 0.620. The van der Waals surface area contributed by atoms with Crippen LogP contribution in [0, 0.1) is 13.8 Å². The fraction of sp³-hybridized carbons (Fsp3) is 0.312. The van der Waals surface area contributed by atoms with Gasteiger partial charge in [-0.15, -0.1) is 0 Å². The third kappa shape index (κ3) is 3.06. The van der Waals surface area contributed by atoms with Crippen LogP contribution in [0.3, 0.4) is 0 Å². The van der Waals surface area contributed by atoms with E-state index in [-0.39, 0.29) is 0 Å². The summed E-state index contributed by atoms with van der Waals surface area (Å²) in [6.45, 7) is 6.22. The normalized spacial score (nSPS) is 11.0. The number of thioether (sulfide) groups is 1. The van der Waals surface area contributed by atoms with Crippen molar-refractivity contribution < 1.29 is 4.52 Å². The van der Waals surface area contributed by atoms with Crippen LogP contribution in [-0.4, -0.2) is 19.7 Å². The molecule has 0 spiro atoms. The summed E-state index contributed by atoms with van der Waals surface area (Å²) in [7, 11) is 0. The number of aromatic nitrogens is 4. The van der Waals surface area contributed by atoms with E-state index in [9.17, 15) is 0 Å². The van der Waals surface area contributed by atoms with Gasteiger partial charge in [-0.3, -0.25) is 4.57 Å². The second-order valence-electron chi connectivity index (χ2n) is 5.12. The van der Waals surface area contributed by atoms with Crippen LogP contribution in [-0.2, 0) is 12.2 Å². The van der Waals surface area contributed by atoms with Gasteiger partial charge in [-0.1, -0.05) is 41.5 Å². The van der Waals surface area contributed by atoms with Crippen LogP contribution in [0.1, 0.15) is 29.8 Å². The van der Waals surface area contributed by atoms with Crippen LogP contribution in [0.2, 0.25) is 0 Å². The molecule has 1 aromatic carbocycles. The fourth-order valence-corrected chi connectivity index (χ4v) is 3.08. The second kappa shape index (κ2) is 6.36. The maximum absolute atomic E-state index is 5.22. The highest BCUT2D eigenvalue weighted by Gasteiger charge is 2.11. The number of hydrogen-bond donors (Lipinski definition) is 0. The molecule has 0 bridgehead atoms. The van der Waals surface area contributed by atoms with Gasteiger partial charge in [-0.2, -0.15) is 4.98 Å². The first-order chi connectivity index (χ1) is 10.7. The zero-order valence-electron chi connectivity index (χ0n) is 12.9. The second-order valence-corrected chi connectivity index (χ2v) is 6.06. The summed E-state index contributed by atoms with van der Waals surface area (Å²) in [5.74, 6) is 2.00. The zero-order valence-corrected chi connectivity index (χ0v) is 13.7. The van der Waals surface area contributed by atoms with Crippen molar-refractivity contribution in [1.29, 1.82) is 0 Å². The van der Waals surface area contributed by atoms with Crippen molar-refractivity contribution in [3.05, 3.63) is 53.4 Å². The summed E-state index contributed by atoms with van der Waals surface area (Å²) in [5.41, 5.74) is 3.63. The number of aryl methyl sites for hydroxylation is 3. The van der Waals surface area contributed by atoms with Crippen LogP contribution in [0.15, 0.2) is 40.3 Å².